The molecule has 3 rings (SSSR count). The van der Waals surface area contributed by atoms with E-state index in [-0.39, 0.29) is 24.3 Å². The summed E-state index contributed by atoms with van der Waals surface area (Å²) in [7, 11) is 0. The Kier molecular flexibility index (Phi) is 6.91. The molecule has 0 spiro atoms. The summed E-state index contributed by atoms with van der Waals surface area (Å²) in [5.41, 5.74) is 4.49. The van der Waals surface area contributed by atoms with Gasteiger partial charge in [-0.25, -0.2) is 0 Å². The standard InChI is InChI=1S/C21H31N3O4/c22-20(26)17-7-12-24(13-8-17)19(25)15-23-11-4-9-21(27,10-14-23)16-28-18-5-2-1-3-6-18/h1-3,5-6,17,27H,4,7-16H2,(H2,22,26). The quantitative estimate of drug-likeness (QED) is 0.757. The normalized spacial score (nSPS) is 24.5. The number of para-hydroxylation sites is 1. The molecule has 7 heteroatoms. The Bertz CT molecular complexity index is 661. The third kappa shape index (κ3) is 5.69. The van der Waals surface area contributed by atoms with E-state index in [1.807, 2.05) is 35.2 Å². The van der Waals surface area contributed by atoms with Crippen molar-refractivity contribution in [1.82, 2.24) is 9.80 Å². The van der Waals surface area contributed by atoms with Gasteiger partial charge in [0.05, 0.1) is 12.1 Å². The highest BCUT2D eigenvalue weighted by Crippen LogP contribution is 2.24. The minimum atomic E-state index is -0.868. The fraction of sp³-hybridized carbons (Fsp3) is 0.619. The lowest BCUT2D eigenvalue weighted by Gasteiger charge is -2.32. The molecule has 2 heterocycles. The molecule has 0 aliphatic carbocycles. The van der Waals surface area contributed by atoms with E-state index in [1.54, 1.807) is 0 Å². The number of rotatable bonds is 6. The fourth-order valence-corrected chi connectivity index (χ4v) is 3.98. The van der Waals surface area contributed by atoms with E-state index in [2.05, 4.69) is 4.90 Å². The van der Waals surface area contributed by atoms with E-state index >= 15 is 0 Å². The van der Waals surface area contributed by atoms with Crippen molar-refractivity contribution in [3.05, 3.63) is 30.3 Å². The lowest BCUT2D eigenvalue weighted by Crippen LogP contribution is -2.46. The van der Waals surface area contributed by atoms with Crippen molar-refractivity contribution in [1.29, 1.82) is 0 Å². The predicted molar refractivity (Wildman–Crippen MR) is 106 cm³/mol. The van der Waals surface area contributed by atoms with Gasteiger partial charge in [-0.05, 0) is 50.8 Å². The number of hydrogen-bond donors (Lipinski definition) is 2. The number of hydrogen-bond acceptors (Lipinski definition) is 5. The molecule has 2 aliphatic rings. The minimum absolute atomic E-state index is 0.0916. The number of benzene rings is 1. The summed E-state index contributed by atoms with van der Waals surface area (Å²) in [4.78, 5) is 27.8. The Morgan fingerprint density at radius 1 is 1.11 bits per heavy atom. The summed E-state index contributed by atoms with van der Waals surface area (Å²) in [6.07, 6.45) is 3.37. The first-order valence-corrected chi connectivity index (χ1v) is 10.1. The maximum atomic E-state index is 12.6. The largest absolute Gasteiger partial charge is 0.491 e. The highest BCUT2D eigenvalue weighted by atomic mass is 16.5. The Morgan fingerprint density at radius 3 is 2.50 bits per heavy atom. The smallest absolute Gasteiger partial charge is 0.236 e. The van der Waals surface area contributed by atoms with Crippen molar-refractivity contribution in [3.8, 4) is 5.75 Å². The third-order valence-electron chi connectivity index (χ3n) is 5.87. The monoisotopic (exact) mass is 389 g/mol. The van der Waals surface area contributed by atoms with Gasteiger partial charge in [-0.1, -0.05) is 18.2 Å². The second-order valence-electron chi connectivity index (χ2n) is 8.01. The number of piperidine rings is 1. The molecule has 2 aliphatic heterocycles. The van der Waals surface area contributed by atoms with Crippen LogP contribution in [0.4, 0.5) is 0 Å². The SMILES string of the molecule is NC(=O)C1CCN(C(=O)CN2CCCC(O)(COc3ccccc3)CC2)CC1. The first-order chi connectivity index (χ1) is 13.5. The molecule has 3 N–H and O–H groups in total. The lowest BCUT2D eigenvalue weighted by atomic mass is 9.96. The summed E-state index contributed by atoms with van der Waals surface area (Å²) >= 11 is 0. The maximum absolute atomic E-state index is 12.6. The van der Waals surface area contributed by atoms with Gasteiger partial charge in [-0.15, -0.1) is 0 Å². The number of nitrogens with zero attached hydrogens (tertiary/aromatic N) is 2. The molecule has 28 heavy (non-hydrogen) atoms. The first-order valence-electron chi connectivity index (χ1n) is 10.1. The summed E-state index contributed by atoms with van der Waals surface area (Å²) in [5.74, 6) is 0.471. The lowest BCUT2D eigenvalue weighted by molar-refractivity contribution is -0.136. The molecule has 1 aromatic rings. The van der Waals surface area contributed by atoms with Crippen LogP contribution >= 0.6 is 0 Å². The van der Waals surface area contributed by atoms with Gasteiger partial charge in [0.25, 0.3) is 0 Å². The zero-order valence-corrected chi connectivity index (χ0v) is 16.4. The number of likely N-dealkylation sites (tertiary alicyclic amines) is 2. The van der Waals surface area contributed by atoms with Gasteiger partial charge in [-0.3, -0.25) is 14.5 Å². The molecule has 2 amide bonds. The highest BCUT2D eigenvalue weighted by Gasteiger charge is 2.32. The second-order valence-corrected chi connectivity index (χ2v) is 8.01. The van der Waals surface area contributed by atoms with Gasteiger partial charge in [0, 0.05) is 25.6 Å². The molecule has 2 saturated heterocycles. The second kappa shape index (κ2) is 9.39. The number of amides is 2. The Hall–Kier alpha value is -2.12. The maximum Gasteiger partial charge on any atom is 0.236 e. The molecule has 1 atom stereocenters. The molecule has 7 nitrogen and oxygen atoms in total. The molecule has 0 aromatic heterocycles. The van der Waals surface area contributed by atoms with Crippen LogP contribution in [0.1, 0.15) is 32.1 Å². The van der Waals surface area contributed by atoms with Crippen molar-refractivity contribution in [2.24, 2.45) is 11.7 Å². The van der Waals surface area contributed by atoms with Gasteiger partial charge in [-0.2, -0.15) is 0 Å². The van der Waals surface area contributed by atoms with Crippen LogP contribution in [0.25, 0.3) is 0 Å². The Morgan fingerprint density at radius 2 is 1.82 bits per heavy atom. The number of carbonyl (C=O) groups is 2. The van der Waals surface area contributed by atoms with Crippen LogP contribution in [0, 0.1) is 5.92 Å². The van der Waals surface area contributed by atoms with Crippen LogP contribution in [0.5, 0.6) is 5.75 Å². The minimum Gasteiger partial charge on any atom is -0.491 e. The molecular weight excluding hydrogens is 358 g/mol. The van der Waals surface area contributed by atoms with E-state index in [1.165, 1.54) is 0 Å². The van der Waals surface area contributed by atoms with Gasteiger partial charge in [0.15, 0.2) is 0 Å². The molecule has 1 aromatic carbocycles. The molecule has 1 unspecified atom stereocenters. The number of aliphatic hydroxyl groups is 1. The molecule has 0 saturated carbocycles. The Balaban J connectivity index is 1.44. The van der Waals surface area contributed by atoms with Crippen molar-refractivity contribution in [2.45, 2.75) is 37.7 Å². The van der Waals surface area contributed by atoms with E-state index in [4.69, 9.17) is 10.5 Å². The van der Waals surface area contributed by atoms with Crippen molar-refractivity contribution >= 4 is 11.8 Å². The molecular formula is C21H31N3O4. The van der Waals surface area contributed by atoms with Gasteiger partial charge in [0.1, 0.15) is 12.4 Å². The van der Waals surface area contributed by atoms with E-state index in [0.717, 1.165) is 18.7 Å². The van der Waals surface area contributed by atoms with Crippen LogP contribution in [-0.2, 0) is 9.59 Å². The number of primary amides is 1. The number of ether oxygens (including phenoxy) is 1. The van der Waals surface area contributed by atoms with Gasteiger partial charge < -0.3 is 20.5 Å². The average Bonchev–Trinajstić information content (AvgIpc) is 2.89. The average molecular weight is 389 g/mol. The summed E-state index contributed by atoms with van der Waals surface area (Å²) < 4.78 is 5.76. The molecule has 0 bridgehead atoms. The first kappa shape index (κ1) is 20.6. The van der Waals surface area contributed by atoms with E-state index in [0.29, 0.717) is 51.9 Å². The van der Waals surface area contributed by atoms with E-state index in [9.17, 15) is 14.7 Å². The van der Waals surface area contributed by atoms with Crippen LogP contribution in [-0.4, -0.2) is 71.7 Å². The number of carbonyl (C=O) groups excluding carboxylic acids is 2. The zero-order valence-electron chi connectivity index (χ0n) is 16.4. The molecule has 154 valence electrons. The summed E-state index contributed by atoms with van der Waals surface area (Å²) in [6, 6.07) is 9.51. The highest BCUT2D eigenvalue weighted by molar-refractivity contribution is 5.80. The fourth-order valence-electron chi connectivity index (χ4n) is 3.98. The topological polar surface area (TPSA) is 96.1 Å². The zero-order chi connectivity index (χ0) is 20.0. The van der Waals surface area contributed by atoms with Crippen LogP contribution < -0.4 is 10.5 Å². The van der Waals surface area contributed by atoms with Crippen molar-refractivity contribution in [2.75, 3.05) is 39.3 Å². The van der Waals surface area contributed by atoms with Crippen molar-refractivity contribution < 1.29 is 19.4 Å². The number of nitrogens with two attached hydrogens (primary N) is 1. The van der Waals surface area contributed by atoms with Gasteiger partial charge >= 0.3 is 0 Å². The van der Waals surface area contributed by atoms with Crippen molar-refractivity contribution in [3.63, 3.8) is 0 Å². The Labute approximate surface area is 166 Å². The van der Waals surface area contributed by atoms with E-state index < -0.39 is 5.60 Å². The van der Waals surface area contributed by atoms with Crippen LogP contribution in [0.15, 0.2) is 30.3 Å². The molecule has 0 radical (unpaired) electrons. The molecule has 2 fully saturated rings. The van der Waals surface area contributed by atoms with Crippen LogP contribution in [0.3, 0.4) is 0 Å². The predicted octanol–water partition coefficient (Wildman–Crippen LogP) is 1.01. The van der Waals surface area contributed by atoms with Gasteiger partial charge in [0.2, 0.25) is 11.8 Å². The van der Waals surface area contributed by atoms with Crippen LogP contribution in [0.2, 0.25) is 0 Å². The summed E-state index contributed by atoms with van der Waals surface area (Å²) in [5, 5.41) is 10.9. The summed E-state index contributed by atoms with van der Waals surface area (Å²) in [6.45, 7) is 3.26. The third-order valence-corrected chi connectivity index (χ3v) is 5.87.